The Labute approximate surface area is 123 Å². The molecule has 1 atom stereocenters. The van der Waals surface area contributed by atoms with Gasteiger partial charge in [-0.2, -0.15) is 0 Å². The Kier molecular flexibility index (Phi) is 4.30. The molecular formula is C16H16ClNO2. The lowest BCUT2D eigenvalue weighted by molar-refractivity contribution is -0.145. The van der Waals surface area contributed by atoms with E-state index in [-0.39, 0.29) is 5.97 Å². The summed E-state index contributed by atoms with van der Waals surface area (Å²) in [5.41, 5.74) is 0.661. The van der Waals surface area contributed by atoms with Crippen molar-refractivity contribution in [3.8, 4) is 0 Å². The average Bonchev–Trinajstić information content (AvgIpc) is 2.48. The number of anilines is 1. The van der Waals surface area contributed by atoms with Crippen molar-refractivity contribution >= 4 is 23.3 Å². The molecule has 2 aromatic carbocycles. The summed E-state index contributed by atoms with van der Waals surface area (Å²) in [6.45, 7) is 1.79. The Hall–Kier alpha value is -2.00. The fourth-order valence-corrected chi connectivity index (χ4v) is 2.16. The first-order valence-electron chi connectivity index (χ1n) is 6.24. The number of hydrogen-bond donors (Lipinski definition) is 1. The summed E-state index contributed by atoms with van der Waals surface area (Å²) in [5, 5.41) is 3.85. The van der Waals surface area contributed by atoms with Crippen LogP contribution in [0.4, 0.5) is 5.69 Å². The van der Waals surface area contributed by atoms with E-state index in [0.29, 0.717) is 5.02 Å². The number of rotatable bonds is 4. The van der Waals surface area contributed by atoms with Crippen molar-refractivity contribution in [2.75, 3.05) is 12.4 Å². The second-order valence-corrected chi connectivity index (χ2v) is 5.05. The van der Waals surface area contributed by atoms with Crippen molar-refractivity contribution < 1.29 is 9.53 Å². The van der Waals surface area contributed by atoms with Crippen LogP contribution in [-0.2, 0) is 15.1 Å². The molecule has 0 fully saturated rings. The molecular weight excluding hydrogens is 274 g/mol. The normalized spacial score (nSPS) is 13.3. The fraction of sp³-hybridized carbons (Fsp3) is 0.188. The summed E-state index contributed by atoms with van der Waals surface area (Å²) >= 11 is 5.90. The smallest absolute Gasteiger partial charge is 0.335 e. The Morgan fingerprint density at radius 1 is 1.10 bits per heavy atom. The third-order valence-corrected chi connectivity index (χ3v) is 3.44. The molecule has 0 aliphatic rings. The number of para-hydroxylation sites is 1. The quantitative estimate of drug-likeness (QED) is 0.869. The van der Waals surface area contributed by atoms with Crippen molar-refractivity contribution in [1.82, 2.24) is 0 Å². The average molecular weight is 290 g/mol. The Balaban J connectivity index is 2.40. The van der Waals surface area contributed by atoms with E-state index in [9.17, 15) is 4.79 Å². The summed E-state index contributed by atoms with van der Waals surface area (Å²) in [5.74, 6) is -0.358. The van der Waals surface area contributed by atoms with Crippen LogP contribution in [0.5, 0.6) is 0 Å². The van der Waals surface area contributed by atoms with Crippen LogP contribution < -0.4 is 5.32 Å². The van der Waals surface area contributed by atoms with Crippen LogP contribution in [0.1, 0.15) is 12.5 Å². The summed E-state index contributed by atoms with van der Waals surface area (Å²) in [7, 11) is 1.38. The van der Waals surface area contributed by atoms with Gasteiger partial charge >= 0.3 is 5.97 Å². The van der Waals surface area contributed by atoms with Gasteiger partial charge in [-0.05, 0) is 36.8 Å². The predicted octanol–water partition coefficient (Wildman–Crippen LogP) is 3.84. The van der Waals surface area contributed by atoms with Crippen LogP contribution in [0.15, 0.2) is 54.6 Å². The Bertz CT molecular complexity index is 583. The molecule has 0 amide bonds. The number of carbonyl (C=O) groups excluding carboxylic acids is 1. The number of halogens is 1. The zero-order valence-electron chi connectivity index (χ0n) is 11.4. The molecule has 0 bridgehead atoms. The first-order chi connectivity index (χ1) is 9.56. The highest BCUT2D eigenvalue weighted by Crippen LogP contribution is 2.28. The number of nitrogens with one attached hydrogen (secondary N) is 1. The first kappa shape index (κ1) is 14.4. The van der Waals surface area contributed by atoms with Crippen LogP contribution >= 0.6 is 11.6 Å². The lowest BCUT2D eigenvalue weighted by Gasteiger charge is -2.29. The second-order valence-electron chi connectivity index (χ2n) is 4.61. The lowest BCUT2D eigenvalue weighted by atomic mass is 9.91. The standard InChI is InChI=1S/C16H16ClNO2/c1-16(15(19)20-2,12-8-10-13(17)11-9-12)18-14-6-4-3-5-7-14/h3-11,18H,1-2H3. The molecule has 0 radical (unpaired) electrons. The van der Waals surface area contributed by atoms with Gasteiger partial charge in [0, 0.05) is 10.7 Å². The van der Waals surface area contributed by atoms with Gasteiger partial charge < -0.3 is 10.1 Å². The molecule has 104 valence electrons. The first-order valence-corrected chi connectivity index (χ1v) is 6.62. The van der Waals surface area contributed by atoms with E-state index in [0.717, 1.165) is 11.3 Å². The van der Waals surface area contributed by atoms with E-state index in [1.54, 1.807) is 19.1 Å². The van der Waals surface area contributed by atoms with Gasteiger partial charge in [-0.3, -0.25) is 0 Å². The maximum atomic E-state index is 12.2. The predicted molar refractivity (Wildman–Crippen MR) is 80.9 cm³/mol. The van der Waals surface area contributed by atoms with Gasteiger partial charge in [0.25, 0.3) is 0 Å². The van der Waals surface area contributed by atoms with Crippen molar-refractivity contribution in [3.63, 3.8) is 0 Å². The van der Waals surface area contributed by atoms with Crippen LogP contribution in [0.25, 0.3) is 0 Å². The van der Waals surface area contributed by atoms with E-state index >= 15 is 0 Å². The van der Waals surface area contributed by atoms with E-state index < -0.39 is 5.54 Å². The fourth-order valence-electron chi connectivity index (χ4n) is 2.04. The molecule has 1 N–H and O–H groups in total. The molecule has 0 spiro atoms. The number of esters is 1. The van der Waals surface area contributed by atoms with Crippen molar-refractivity contribution in [3.05, 3.63) is 65.2 Å². The zero-order chi connectivity index (χ0) is 14.6. The van der Waals surface area contributed by atoms with Gasteiger partial charge in [0.15, 0.2) is 5.54 Å². The third-order valence-electron chi connectivity index (χ3n) is 3.18. The monoisotopic (exact) mass is 289 g/mol. The molecule has 0 aliphatic heterocycles. The Morgan fingerprint density at radius 3 is 2.25 bits per heavy atom. The second kappa shape index (κ2) is 5.97. The van der Waals surface area contributed by atoms with E-state index in [4.69, 9.17) is 16.3 Å². The highest BCUT2D eigenvalue weighted by molar-refractivity contribution is 6.30. The van der Waals surface area contributed by atoms with Crippen LogP contribution in [-0.4, -0.2) is 13.1 Å². The topological polar surface area (TPSA) is 38.3 Å². The molecule has 2 rings (SSSR count). The van der Waals surface area contributed by atoms with Gasteiger partial charge in [-0.25, -0.2) is 4.79 Å². The number of hydrogen-bond acceptors (Lipinski definition) is 3. The summed E-state index contributed by atoms with van der Waals surface area (Å²) in [6, 6.07) is 16.7. The van der Waals surface area contributed by atoms with Gasteiger partial charge in [-0.1, -0.05) is 41.9 Å². The molecule has 0 saturated carbocycles. The van der Waals surface area contributed by atoms with Crippen molar-refractivity contribution in [2.45, 2.75) is 12.5 Å². The summed E-state index contributed by atoms with van der Waals surface area (Å²) in [4.78, 5) is 12.2. The van der Waals surface area contributed by atoms with Crippen molar-refractivity contribution in [2.24, 2.45) is 0 Å². The molecule has 0 aliphatic carbocycles. The van der Waals surface area contributed by atoms with E-state index in [1.807, 2.05) is 42.5 Å². The highest BCUT2D eigenvalue weighted by Gasteiger charge is 2.36. The Morgan fingerprint density at radius 2 is 1.70 bits per heavy atom. The van der Waals surface area contributed by atoms with Crippen LogP contribution in [0.2, 0.25) is 5.02 Å². The van der Waals surface area contributed by atoms with Gasteiger partial charge in [0.1, 0.15) is 0 Å². The minimum atomic E-state index is -0.972. The van der Waals surface area contributed by atoms with Gasteiger partial charge in [0.2, 0.25) is 0 Å². The summed E-state index contributed by atoms with van der Waals surface area (Å²) < 4.78 is 4.94. The van der Waals surface area contributed by atoms with Crippen LogP contribution in [0, 0.1) is 0 Å². The largest absolute Gasteiger partial charge is 0.467 e. The molecule has 2 aromatic rings. The molecule has 1 unspecified atom stereocenters. The number of methoxy groups -OCH3 is 1. The minimum absolute atomic E-state index is 0.358. The molecule has 0 aromatic heterocycles. The maximum absolute atomic E-state index is 12.2. The maximum Gasteiger partial charge on any atom is 0.335 e. The third kappa shape index (κ3) is 2.94. The van der Waals surface area contributed by atoms with Gasteiger partial charge in [-0.15, -0.1) is 0 Å². The number of carbonyl (C=O) groups is 1. The van der Waals surface area contributed by atoms with Crippen LogP contribution in [0.3, 0.4) is 0 Å². The molecule has 0 heterocycles. The van der Waals surface area contributed by atoms with Gasteiger partial charge in [0.05, 0.1) is 7.11 Å². The van der Waals surface area contributed by atoms with E-state index in [1.165, 1.54) is 7.11 Å². The lowest BCUT2D eigenvalue weighted by Crippen LogP contribution is -2.41. The minimum Gasteiger partial charge on any atom is -0.467 e. The number of benzene rings is 2. The number of ether oxygens (including phenoxy) is 1. The molecule has 3 nitrogen and oxygen atoms in total. The van der Waals surface area contributed by atoms with Crippen molar-refractivity contribution in [1.29, 1.82) is 0 Å². The summed E-state index contributed by atoms with van der Waals surface area (Å²) in [6.07, 6.45) is 0. The molecule has 20 heavy (non-hydrogen) atoms. The molecule has 0 saturated heterocycles. The SMILES string of the molecule is COC(=O)C(C)(Nc1ccccc1)c1ccc(Cl)cc1. The zero-order valence-corrected chi connectivity index (χ0v) is 12.1. The molecule has 4 heteroatoms. The highest BCUT2D eigenvalue weighted by atomic mass is 35.5. The van der Waals surface area contributed by atoms with E-state index in [2.05, 4.69) is 5.32 Å².